The molecule has 0 atom stereocenters. The Morgan fingerprint density at radius 1 is 1.62 bits per heavy atom. The number of phenolic OH excluding ortho intramolecular Hbond substituents is 1. The average Bonchev–Trinajstić information content (AvgIpc) is 2.24. The number of nitriles is 1. The van der Waals surface area contributed by atoms with Gasteiger partial charge in [0.1, 0.15) is 16.8 Å². The normalized spacial score (nSPS) is 9.56. The Balaban J connectivity index is 3.02. The molecule has 16 heavy (non-hydrogen) atoms. The molecule has 0 aliphatic rings. The number of esters is 1. The summed E-state index contributed by atoms with van der Waals surface area (Å²) in [5.41, 5.74) is 0.554. The first kappa shape index (κ1) is 12.3. The molecule has 1 N–H and O–H groups in total. The predicted molar refractivity (Wildman–Crippen MR) is 58.2 cm³/mol. The lowest BCUT2D eigenvalue weighted by atomic mass is 10.1. The molecule has 1 aromatic carbocycles. The molecule has 0 saturated carbocycles. The zero-order chi connectivity index (χ0) is 12.1. The smallest absolute Gasteiger partial charge is 0.310 e. The van der Waals surface area contributed by atoms with Crippen LogP contribution in [-0.4, -0.2) is 17.7 Å². The van der Waals surface area contributed by atoms with Gasteiger partial charge in [0, 0.05) is 0 Å². The lowest BCUT2D eigenvalue weighted by Gasteiger charge is -2.06. The van der Waals surface area contributed by atoms with Crippen molar-refractivity contribution in [3.63, 3.8) is 0 Å². The SMILES string of the molecule is CCOC(=O)Cc1ccc(O)c(Cl)c1C#N. The van der Waals surface area contributed by atoms with Gasteiger partial charge >= 0.3 is 5.97 Å². The maximum absolute atomic E-state index is 11.2. The van der Waals surface area contributed by atoms with Crippen molar-refractivity contribution >= 4 is 17.6 Å². The van der Waals surface area contributed by atoms with Gasteiger partial charge in [0.05, 0.1) is 18.6 Å². The summed E-state index contributed by atoms with van der Waals surface area (Å²) in [6.07, 6.45) is -0.0310. The summed E-state index contributed by atoms with van der Waals surface area (Å²) < 4.78 is 4.76. The van der Waals surface area contributed by atoms with Gasteiger partial charge in [-0.3, -0.25) is 4.79 Å². The van der Waals surface area contributed by atoms with E-state index in [1.54, 1.807) is 6.92 Å². The van der Waals surface area contributed by atoms with E-state index in [0.29, 0.717) is 5.56 Å². The Labute approximate surface area is 98.0 Å². The van der Waals surface area contributed by atoms with E-state index < -0.39 is 5.97 Å². The van der Waals surface area contributed by atoms with Gasteiger partial charge in [0.25, 0.3) is 0 Å². The first-order valence-corrected chi connectivity index (χ1v) is 5.04. The van der Waals surface area contributed by atoms with Crippen LogP contribution in [0.1, 0.15) is 18.1 Å². The van der Waals surface area contributed by atoms with Gasteiger partial charge in [-0.1, -0.05) is 17.7 Å². The Hall–Kier alpha value is -1.73. The number of rotatable bonds is 3. The summed E-state index contributed by atoms with van der Waals surface area (Å²) >= 11 is 5.73. The first-order chi connectivity index (χ1) is 7.60. The molecule has 0 aliphatic heterocycles. The molecule has 4 nitrogen and oxygen atoms in total. The number of benzene rings is 1. The number of ether oxygens (including phenoxy) is 1. The minimum Gasteiger partial charge on any atom is -0.506 e. The number of carbonyl (C=O) groups is 1. The van der Waals surface area contributed by atoms with Gasteiger partial charge in [0.15, 0.2) is 0 Å². The zero-order valence-electron chi connectivity index (χ0n) is 8.66. The summed E-state index contributed by atoms with van der Waals surface area (Å²) in [5, 5.41) is 18.1. The maximum Gasteiger partial charge on any atom is 0.310 e. The quantitative estimate of drug-likeness (QED) is 0.820. The molecule has 1 aromatic rings. The summed E-state index contributed by atoms with van der Waals surface area (Å²) in [4.78, 5) is 11.2. The van der Waals surface area contributed by atoms with Crippen LogP contribution in [0.25, 0.3) is 0 Å². The molecule has 0 aromatic heterocycles. The lowest BCUT2D eigenvalue weighted by molar-refractivity contribution is -0.142. The largest absolute Gasteiger partial charge is 0.506 e. The average molecular weight is 240 g/mol. The van der Waals surface area contributed by atoms with Crippen molar-refractivity contribution in [1.29, 1.82) is 5.26 Å². The number of aromatic hydroxyl groups is 1. The minimum atomic E-state index is -0.430. The molecule has 1 rings (SSSR count). The van der Waals surface area contributed by atoms with Crippen LogP contribution in [0.5, 0.6) is 5.75 Å². The Bertz CT molecular complexity index is 451. The van der Waals surface area contributed by atoms with E-state index in [1.165, 1.54) is 12.1 Å². The highest BCUT2D eigenvalue weighted by Gasteiger charge is 2.14. The van der Waals surface area contributed by atoms with E-state index in [0.717, 1.165) is 0 Å². The van der Waals surface area contributed by atoms with Crippen molar-refractivity contribution in [3.05, 3.63) is 28.3 Å². The lowest BCUT2D eigenvalue weighted by Crippen LogP contribution is -2.08. The summed E-state index contributed by atoms with van der Waals surface area (Å²) in [7, 11) is 0. The highest BCUT2D eigenvalue weighted by atomic mass is 35.5. The molecule has 84 valence electrons. The van der Waals surface area contributed by atoms with E-state index in [-0.39, 0.29) is 29.4 Å². The van der Waals surface area contributed by atoms with Crippen molar-refractivity contribution in [2.45, 2.75) is 13.3 Å². The number of hydrogen-bond acceptors (Lipinski definition) is 4. The van der Waals surface area contributed by atoms with Crippen molar-refractivity contribution in [2.75, 3.05) is 6.61 Å². The second-order valence-corrected chi connectivity index (χ2v) is 3.40. The molecule has 5 heteroatoms. The minimum absolute atomic E-state index is 0.0310. The Morgan fingerprint density at radius 3 is 2.88 bits per heavy atom. The number of nitrogens with zero attached hydrogens (tertiary/aromatic N) is 1. The van der Waals surface area contributed by atoms with Crippen LogP contribution in [0.4, 0.5) is 0 Å². The molecule has 0 spiro atoms. The van der Waals surface area contributed by atoms with Gasteiger partial charge in [-0.15, -0.1) is 0 Å². The van der Waals surface area contributed by atoms with E-state index in [9.17, 15) is 9.90 Å². The molecule has 0 bridgehead atoms. The monoisotopic (exact) mass is 239 g/mol. The topological polar surface area (TPSA) is 70.3 Å². The fraction of sp³-hybridized carbons (Fsp3) is 0.273. The van der Waals surface area contributed by atoms with Crippen LogP contribution in [0, 0.1) is 11.3 Å². The number of phenols is 1. The molecule has 0 fully saturated rings. The number of carbonyl (C=O) groups excluding carboxylic acids is 1. The molecule has 0 saturated heterocycles. The molecule has 0 heterocycles. The fourth-order valence-corrected chi connectivity index (χ4v) is 1.47. The van der Waals surface area contributed by atoms with Crippen LogP contribution < -0.4 is 0 Å². The zero-order valence-corrected chi connectivity index (χ0v) is 9.41. The predicted octanol–water partition coefficient (Wildman–Crippen LogP) is 2.02. The van der Waals surface area contributed by atoms with Gasteiger partial charge in [-0.2, -0.15) is 5.26 Å². The molecular formula is C11H10ClNO3. The van der Waals surface area contributed by atoms with Crippen LogP contribution >= 0.6 is 11.6 Å². The van der Waals surface area contributed by atoms with Gasteiger partial charge in [-0.25, -0.2) is 0 Å². The molecule has 0 amide bonds. The molecule has 0 unspecified atom stereocenters. The van der Waals surface area contributed by atoms with Crippen LogP contribution in [0.2, 0.25) is 5.02 Å². The van der Waals surface area contributed by atoms with Crippen molar-refractivity contribution in [1.82, 2.24) is 0 Å². The van der Waals surface area contributed by atoms with Crippen LogP contribution in [0.15, 0.2) is 12.1 Å². The maximum atomic E-state index is 11.2. The second-order valence-electron chi connectivity index (χ2n) is 3.03. The van der Waals surface area contributed by atoms with E-state index >= 15 is 0 Å². The van der Waals surface area contributed by atoms with Crippen molar-refractivity contribution < 1.29 is 14.6 Å². The summed E-state index contributed by atoms with van der Waals surface area (Å²) in [6.45, 7) is 1.99. The van der Waals surface area contributed by atoms with Gasteiger partial charge in [-0.05, 0) is 18.6 Å². The highest BCUT2D eigenvalue weighted by molar-refractivity contribution is 6.33. The third kappa shape index (κ3) is 2.65. The van der Waals surface area contributed by atoms with Gasteiger partial charge < -0.3 is 9.84 Å². The number of hydrogen-bond donors (Lipinski definition) is 1. The molecular weight excluding hydrogens is 230 g/mol. The standard InChI is InChI=1S/C11H10ClNO3/c1-2-16-10(15)5-7-3-4-9(14)11(12)8(7)6-13/h3-4,14H,2,5H2,1H3. The van der Waals surface area contributed by atoms with Crippen LogP contribution in [0.3, 0.4) is 0 Å². The highest BCUT2D eigenvalue weighted by Crippen LogP contribution is 2.29. The number of halogens is 1. The van der Waals surface area contributed by atoms with Gasteiger partial charge in [0.2, 0.25) is 0 Å². The first-order valence-electron chi connectivity index (χ1n) is 4.66. The van der Waals surface area contributed by atoms with Crippen molar-refractivity contribution in [3.8, 4) is 11.8 Å². The third-order valence-corrected chi connectivity index (χ3v) is 2.34. The molecule has 0 radical (unpaired) electrons. The Kier molecular flexibility index (Phi) is 4.15. The third-order valence-electron chi connectivity index (χ3n) is 1.96. The summed E-state index contributed by atoms with van der Waals surface area (Å²) in [6, 6.07) is 4.68. The second kappa shape index (κ2) is 5.38. The van der Waals surface area contributed by atoms with E-state index in [1.807, 2.05) is 6.07 Å². The summed E-state index contributed by atoms with van der Waals surface area (Å²) in [5.74, 6) is -0.605. The van der Waals surface area contributed by atoms with E-state index in [2.05, 4.69) is 0 Å². The Morgan fingerprint density at radius 2 is 2.31 bits per heavy atom. The fourth-order valence-electron chi connectivity index (χ4n) is 1.24. The van der Waals surface area contributed by atoms with Crippen LogP contribution in [-0.2, 0) is 16.0 Å². The van der Waals surface area contributed by atoms with Crippen molar-refractivity contribution in [2.24, 2.45) is 0 Å². The molecule has 0 aliphatic carbocycles. The van der Waals surface area contributed by atoms with E-state index in [4.69, 9.17) is 21.6 Å².